The molecule has 2 fully saturated rings. The number of rotatable bonds is 4. The van der Waals surface area contributed by atoms with Gasteiger partial charge in [0.2, 0.25) is 11.8 Å². The van der Waals surface area contributed by atoms with Crippen molar-refractivity contribution in [1.29, 1.82) is 0 Å². The summed E-state index contributed by atoms with van der Waals surface area (Å²) in [6, 6.07) is 7.56. The average Bonchev–Trinajstić information content (AvgIpc) is 3.36. The monoisotopic (exact) mass is 416 g/mol. The summed E-state index contributed by atoms with van der Waals surface area (Å²) in [6.07, 6.45) is 7.23. The molecule has 7 heteroatoms. The summed E-state index contributed by atoms with van der Waals surface area (Å²) in [5.41, 5.74) is 1.52. The molecule has 4 rings (SSSR count). The average molecular weight is 417 g/mol. The largest absolute Gasteiger partial charge is 0.342 e. The fourth-order valence-electron chi connectivity index (χ4n) is 3.43. The molecule has 136 valence electrons. The minimum Gasteiger partial charge on any atom is -0.342 e. The van der Waals surface area contributed by atoms with Crippen LogP contribution in [0.2, 0.25) is 0 Å². The number of anilines is 1. The lowest BCUT2D eigenvalue weighted by atomic mass is 9.96. The van der Waals surface area contributed by atoms with Crippen molar-refractivity contribution < 1.29 is 9.59 Å². The first kappa shape index (κ1) is 17.3. The number of likely N-dealkylation sites (tertiary alicyclic amines) is 1. The van der Waals surface area contributed by atoms with Crippen LogP contribution >= 0.6 is 15.9 Å². The standard InChI is InChI=1S/C19H21BrN4O2/c20-15-6-7-17(24-10-2-8-21-24)16(11-15)22-18(25)14-3-1-9-23(12-14)19(26)13-4-5-13/h2,6-8,10-11,13-14H,1,3-5,9,12H2,(H,22,25). The Morgan fingerprint density at radius 1 is 1.19 bits per heavy atom. The molecule has 1 aliphatic carbocycles. The highest BCUT2D eigenvalue weighted by molar-refractivity contribution is 9.10. The van der Waals surface area contributed by atoms with Crippen molar-refractivity contribution in [3.05, 3.63) is 41.1 Å². The van der Waals surface area contributed by atoms with Gasteiger partial charge in [0.15, 0.2) is 0 Å². The van der Waals surface area contributed by atoms with Gasteiger partial charge in [-0.1, -0.05) is 15.9 Å². The molecule has 6 nitrogen and oxygen atoms in total. The zero-order valence-electron chi connectivity index (χ0n) is 14.4. The first-order valence-corrected chi connectivity index (χ1v) is 9.80. The molecule has 0 bridgehead atoms. The zero-order valence-corrected chi connectivity index (χ0v) is 16.0. The maximum Gasteiger partial charge on any atom is 0.229 e. The zero-order chi connectivity index (χ0) is 18.1. The number of hydrogen-bond donors (Lipinski definition) is 1. The van der Waals surface area contributed by atoms with Gasteiger partial charge in [-0.3, -0.25) is 9.59 Å². The normalized spacial score (nSPS) is 20.0. The van der Waals surface area contributed by atoms with E-state index in [0.717, 1.165) is 42.4 Å². The number of amides is 2. The number of piperidine rings is 1. The summed E-state index contributed by atoms with van der Waals surface area (Å²) in [6.45, 7) is 1.29. The molecule has 0 radical (unpaired) electrons. The fraction of sp³-hybridized carbons (Fsp3) is 0.421. The van der Waals surface area contributed by atoms with Crippen LogP contribution in [0.25, 0.3) is 5.69 Å². The van der Waals surface area contributed by atoms with E-state index in [9.17, 15) is 9.59 Å². The molecule has 26 heavy (non-hydrogen) atoms. The molecule has 0 spiro atoms. The van der Waals surface area contributed by atoms with E-state index in [1.165, 1.54) is 0 Å². The number of carbonyl (C=O) groups is 2. The van der Waals surface area contributed by atoms with Gasteiger partial charge in [-0.05, 0) is 49.9 Å². The highest BCUT2D eigenvalue weighted by atomic mass is 79.9. The van der Waals surface area contributed by atoms with Crippen LogP contribution in [-0.2, 0) is 9.59 Å². The summed E-state index contributed by atoms with van der Waals surface area (Å²) >= 11 is 3.46. The van der Waals surface area contributed by atoms with Crippen molar-refractivity contribution in [2.24, 2.45) is 11.8 Å². The van der Waals surface area contributed by atoms with E-state index in [-0.39, 0.29) is 23.7 Å². The molecule has 1 atom stereocenters. The molecule has 1 saturated carbocycles. The lowest BCUT2D eigenvalue weighted by molar-refractivity contribution is -0.135. The Morgan fingerprint density at radius 3 is 2.77 bits per heavy atom. The maximum atomic E-state index is 12.9. The summed E-state index contributed by atoms with van der Waals surface area (Å²) < 4.78 is 2.61. The Balaban J connectivity index is 1.49. The summed E-state index contributed by atoms with van der Waals surface area (Å²) in [5.74, 6) is 0.219. The Bertz CT molecular complexity index is 817. The molecule has 1 aromatic carbocycles. The van der Waals surface area contributed by atoms with Crippen LogP contribution in [-0.4, -0.2) is 39.6 Å². The molecular weight excluding hydrogens is 396 g/mol. The van der Waals surface area contributed by atoms with E-state index in [2.05, 4.69) is 26.3 Å². The molecule has 2 aliphatic rings. The number of carbonyl (C=O) groups excluding carboxylic acids is 2. The van der Waals surface area contributed by atoms with Gasteiger partial charge in [0.1, 0.15) is 0 Å². The second kappa shape index (κ2) is 7.23. The van der Waals surface area contributed by atoms with Crippen molar-refractivity contribution in [3.63, 3.8) is 0 Å². The SMILES string of the molecule is O=C(Nc1cc(Br)ccc1-n1cccn1)C1CCCN(C(=O)C2CC2)C1. The number of nitrogens with one attached hydrogen (secondary N) is 1. The lowest BCUT2D eigenvalue weighted by Crippen LogP contribution is -2.44. The third-order valence-electron chi connectivity index (χ3n) is 5.00. The van der Waals surface area contributed by atoms with Crippen LogP contribution in [0.15, 0.2) is 41.1 Å². The first-order valence-electron chi connectivity index (χ1n) is 9.01. The van der Waals surface area contributed by atoms with Gasteiger partial charge in [0.05, 0.1) is 17.3 Å². The highest BCUT2D eigenvalue weighted by Gasteiger charge is 2.36. The third kappa shape index (κ3) is 3.67. The quantitative estimate of drug-likeness (QED) is 0.831. The fourth-order valence-corrected chi connectivity index (χ4v) is 3.80. The Hall–Kier alpha value is -2.15. The Labute approximate surface area is 160 Å². The molecule has 1 aromatic heterocycles. The van der Waals surface area contributed by atoms with Crippen molar-refractivity contribution in [1.82, 2.24) is 14.7 Å². The number of aromatic nitrogens is 2. The van der Waals surface area contributed by atoms with E-state index < -0.39 is 0 Å². The van der Waals surface area contributed by atoms with E-state index in [4.69, 9.17) is 0 Å². The summed E-state index contributed by atoms with van der Waals surface area (Å²) in [4.78, 5) is 27.1. The van der Waals surface area contributed by atoms with Gasteiger partial charge in [-0.25, -0.2) is 4.68 Å². The van der Waals surface area contributed by atoms with Crippen molar-refractivity contribution in [2.45, 2.75) is 25.7 Å². The van der Waals surface area contributed by atoms with Gasteiger partial charge in [0.25, 0.3) is 0 Å². The minimum absolute atomic E-state index is 0.0372. The van der Waals surface area contributed by atoms with Crippen molar-refractivity contribution in [2.75, 3.05) is 18.4 Å². The van der Waals surface area contributed by atoms with Crippen LogP contribution in [0.5, 0.6) is 0 Å². The van der Waals surface area contributed by atoms with E-state index >= 15 is 0 Å². The van der Waals surface area contributed by atoms with E-state index in [1.807, 2.05) is 35.4 Å². The van der Waals surface area contributed by atoms with Gasteiger partial charge in [-0.15, -0.1) is 0 Å². The molecule has 1 N–H and O–H groups in total. The smallest absolute Gasteiger partial charge is 0.229 e. The van der Waals surface area contributed by atoms with E-state index in [0.29, 0.717) is 12.2 Å². The highest BCUT2D eigenvalue weighted by Crippen LogP contribution is 2.33. The molecule has 1 aliphatic heterocycles. The van der Waals surface area contributed by atoms with Crippen LogP contribution in [0.1, 0.15) is 25.7 Å². The van der Waals surface area contributed by atoms with Gasteiger partial charge < -0.3 is 10.2 Å². The Morgan fingerprint density at radius 2 is 2.04 bits per heavy atom. The Kier molecular flexibility index (Phi) is 4.80. The minimum atomic E-state index is -0.170. The van der Waals surface area contributed by atoms with Gasteiger partial charge >= 0.3 is 0 Å². The molecule has 2 aromatic rings. The molecular formula is C19H21BrN4O2. The first-order chi connectivity index (χ1) is 12.6. The van der Waals surface area contributed by atoms with E-state index in [1.54, 1.807) is 10.9 Å². The van der Waals surface area contributed by atoms with Gasteiger partial charge in [0, 0.05) is 35.9 Å². The maximum absolute atomic E-state index is 12.9. The van der Waals surface area contributed by atoms with Crippen LogP contribution in [0.3, 0.4) is 0 Å². The summed E-state index contributed by atoms with van der Waals surface area (Å²) in [5, 5.41) is 7.30. The molecule has 1 saturated heterocycles. The van der Waals surface area contributed by atoms with Crippen LogP contribution in [0.4, 0.5) is 5.69 Å². The van der Waals surface area contributed by atoms with Crippen molar-refractivity contribution in [3.8, 4) is 5.69 Å². The number of nitrogens with zero attached hydrogens (tertiary/aromatic N) is 3. The van der Waals surface area contributed by atoms with Crippen LogP contribution < -0.4 is 5.32 Å². The molecule has 2 heterocycles. The number of halogens is 1. The van der Waals surface area contributed by atoms with Crippen LogP contribution in [0, 0.1) is 11.8 Å². The molecule has 2 amide bonds. The predicted octanol–water partition coefficient (Wildman–Crippen LogP) is 3.22. The lowest BCUT2D eigenvalue weighted by Gasteiger charge is -2.32. The third-order valence-corrected chi connectivity index (χ3v) is 5.49. The molecule has 1 unspecified atom stereocenters. The topological polar surface area (TPSA) is 67.2 Å². The summed E-state index contributed by atoms with van der Waals surface area (Å²) in [7, 11) is 0. The number of benzene rings is 1. The van der Waals surface area contributed by atoms with Gasteiger partial charge in [-0.2, -0.15) is 5.10 Å². The van der Waals surface area contributed by atoms with Crippen molar-refractivity contribution >= 4 is 33.4 Å². The number of hydrogen-bond acceptors (Lipinski definition) is 3. The second-order valence-electron chi connectivity index (χ2n) is 7.00. The predicted molar refractivity (Wildman–Crippen MR) is 102 cm³/mol. The second-order valence-corrected chi connectivity index (χ2v) is 7.91.